The second-order valence-electron chi connectivity index (χ2n) is 5.19. The highest BCUT2D eigenvalue weighted by atomic mass is 15.0. The Bertz CT molecular complexity index is 382. The van der Waals surface area contributed by atoms with Crippen molar-refractivity contribution in [2.45, 2.75) is 31.7 Å². The zero-order chi connectivity index (χ0) is 11.1. The average Bonchev–Trinajstić information content (AvgIpc) is 3.14. The van der Waals surface area contributed by atoms with E-state index < -0.39 is 0 Å². The molecule has 2 saturated carbocycles. The first kappa shape index (κ1) is 9.82. The van der Waals surface area contributed by atoms with Gasteiger partial charge in [0.1, 0.15) is 0 Å². The molecule has 0 unspecified atom stereocenters. The fourth-order valence-corrected chi connectivity index (χ4v) is 2.39. The lowest BCUT2D eigenvalue weighted by molar-refractivity contribution is 0.568. The first-order valence-electron chi connectivity index (χ1n) is 6.15. The third-order valence-electron chi connectivity index (χ3n) is 3.68. The molecule has 0 radical (unpaired) electrons. The number of nitrogens with two attached hydrogens (primary N) is 2. The number of anilines is 3. The maximum Gasteiger partial charge on any atom is 0.0568 e. The van der Waals surface area contributed by atoms with E-state index in [4.69, 9.17) is 11.5 Å². The Morgan fingerprint density at radius 3 is 2.12 bits per heavy atom. The van der Waals surface area contributed by atoms with Crippen molar-refractivity contribution in [2.75, 3.05) is 16.8 Å². The van der Waals surface area contributed by atoms with Crippen LogP contribution >= 0.6 is 0 Å². The van der Waals surface area contributed by atoms with E-state index >= 15 is 0 Å². The molecule has 3 rings (SSSR count). The fourth-order valence-electron chi connectivity index (χ4n) is 2.39. The van der Waals surface area contributed by atoms with Crippen LogP contribution in [0.1, 0.15) is 25.7 Å². The molecule has 0 saturated heterocycles. The number of nitrogen functional groups attached to an aromatic ring is 2. The molecule has 2 aliphatic carbocycles. The summed E-state index contributed by atoms with van der Waals surface area (Å²) in [4.78, 5) is 0. The average molecular weight is 217 g/mol. The Morgan fingerprint density at radius 1 is 1.00 bits per heavy atom. The third-order valence-corrected chi connectivity index (χ3v) is 3.68. The van der Waals surface area contributed by atoms with Crippen LogP contribution in [0.2, 0.25) is 0 Å². The van der Waals surface area contributed by atoms with Crippen molar-refractivity contribution in [1.29, 1.82) is 0 Å². The minimum atomic E-state index is 0.667. The van der Waals surface area contributed by atoms with E-state index in [0.717, 1.165) is 17.5 Å². The Morgan fingerprint density at radius 2 is 1.62 bits per heavy atom. The molecule has 5 N–H and O–H groups in total. The molecule has 86 valence electrons. The SMILES string of the molecule is Nc1ccc(NC(C2CC2)C2CC2)cc1N. The highest BCUT2D eigenvalue weighted by Gasteiger charge is 2.41. The minimum Gasteiger partial charge on any atom is -0.397 e. The second kappa shape index (κ2) is 3.58. The van der Waals surface area contributed by atoms with Gasteiger partial charge in [-0.2, -0.15) is 0 Å². The maximum absolute atomic E-state index is 5.81. The van der Waals surface area contributed by atoms with Gasteiger partial charge >= 0.3 is 0 Å². The van der Waals surface area contributed by atoms with Crippen molar-refractivity contribution < 1.29 is 0 Å². The lowest BCUT2D eigenvalue weighted by atomic mass is 10.1. The van der Waals surface area contributed by atoms with Gasteiger partial charge in [0, 0.05) is 11.7 Å². The quantitative estimate of drug-likeness (QED) is 0.679. The standard InChI is InChI=1S/C13H19N3/c14-11-6-5-10(7-12(11)15)16-13(8-1-2-8)9-3-4-9/h5-9,13,16H,1-4,14-15H2. The summed E-state index contributed by atoms with van der Waals surface area (Å²) in [7, 11) is 0. The number of hydrogen-bond acceptors (Lipinski definition) is 3. The number of rotatable bonds is 4. The van der Waals surface area contributed by atoms with Crippen LogP contribution in [-0.4, -0.2) is 6.04 Å². The van der Waals surface area contributed by atoms with Crippen LogP contribution < -0.4 is 16.8 Å². The summed E-state index contributed by atoms with van der Waals surface area (Å²) in [5.74, 6) is 1.79. The lowest BCUT2D eigenvalue weighted by Gasteiger charge is -2.19. The van der Waals surface area contributed by atoms with Crippen molar-refractivity contribution in [3.05, 3.63) is 18.2 Å². The van der Waals surface area contributed by atoms with Gasteiger partial charge in [-0.05, 0) is 55.7 Å². The Kier molecular flexibility index (Phi) is 2.20. The van der Waals surface area contributed by atoms with Gasteiger partial charge in [-0.3, -0.25) is 0 Å². The maximum atomic E-state index is 5.81. The van der Waals surface area contributed by atoms with E-state index in [1.54, 1.807) is 0 Å². The third kappa shape index (κ3) is 1.94. The van der Waals surface area contributed by atoms with Crippen molar-refractivity contribution in [1.82, 2.24) is 0 Å². The zero-order valence-electron chi connectivity index (χ0n) is 9.45. The molecule has 1 aromatic rings. The van der Waals surface area contributed by atoms with Crippen LogP contribution in [0.25, 0.3) is 0 Å². The number of benzene rings is 1. The molecular weight excluding hydrogens is 198 g/mol. The van der Waals surface area contributed by atoms with Gasteiger partial charge in [-0.25, -0.2) is 0 Å². The Balaban J connectivity index is 1.73. The monoisotopic (exact) mass is 217 g/mol. The molecule has 2 aliphatic rings. The van der Waals surface area contributed by atoms with Crippen LogP contribution in [0.15, 0.2) is 18.2 Å². The van der Waals surface area contributed by atoms with Crippen molar-refractivity contribution in [2.24, 2.45) is 11.8 Å². The Hall–Kier alpha value is -1.38. The van der Waals surface area contributed by atoms with Crippen LogP contribution in [0.5, 0.6) is 0 Å². The summed E-state index contributed by atoms with van der Waals surface area (Å²) in [6.45, 7) is 0. The summed E-state index contributed by atoms with van der Waals surface area (Å²) in [5, 5.41) is 3.64. The second-order valence-corrected chi connectivity index (χ2v) is 5.19. The van der Waals surface area contributed by atoms with Crippen LogP contribution in [-0.2, 0) is 0 Å². The van der Waals surface area contributed by atoms with Crippen molar-refractivity contribution >= 4 is 17.1 Å². The molecule has 1 aromatic carbocycles. The van der Waals surface area contributed by atoms with Gasteiger partial charge in [-0.1, -0.05) is 0 Å². The van der Waals surface area contributed by atoms with Crippen LogP contribution in [0, 0.1) is 11.8 Å². The van der Waals surface area contributed by atoms with Crippen molar-refractivity contribution in [3.63, 3.8) is 0 Å². The molecule has 3 nitrogen and oxygen atoms in total. The summed E-state index contributed by atoms with van der Waals surface area (Å²) in [5.41, 5.74) is 14.0. The van der Waals surface area contributed by atoms with Gasteiger partial charge in [0.2, 0.25) is 0 Å². The van der Waals surface area contributed by atoms with E-state index in [0.29, 0.717) is 17.4 Å². The van der Waals surface area contributed by atoms with E-state index in [9.17, 15) is 0 Å². The summed E-state index contributed by atoms with van der Waals surface area (Å²) >= 11 is 0. The highest BCUT2D eigenvalue weighted by Crippen LogP contribution is 2.46. The molecular formula is C13H19N3. The smallest absolute Gasteiger partial charge is 0.0568 e. The Labute approximate surface area is 96.2 Å². The molecule has 0 aromatic heterocycles. The van der Waals surface area contributed by atoms with Crippen LogP contribution in [0.4, 0.5) is 17.1 Å². The first-order valence-corrected chi connectivity index (χ1v) is 6.15. The molecule has 0 aliphatic heterocycles. The summed E-state index contributed by atoms with van der Waals surface area (Å²) in [6, 6.07) is 6.54. The number of nitrogens with one attached hydrogen (secondary N) is 1. The van der Waals surface area contributed by atoms with Crippen molar-refractivity contribution in [3.8, 4) is 0 Å². The van der Waals surface area contributed by atoms with Gasteiger partial charge < -0.3 is 16.8 Å². The normalized spacial score (nSPS) is 20.1. The van der Waals surface area contributed by atoms with Crippen LogP contribution in [0.3, 0.4) is 0 Å². The minimum absolute atomic E-state index is 0.667. The zero-order valence-corrected chi connectivity index (χ0v) is 9.45. The van der Waals surface area contributed by atoms with Gasteiger partial charge in [-0.15, -0.1) is 0 Å². The van der Waals surface area contributed by atoms with Gasteiger partial charge in [0.25, 0.3) is 0 Å². The summed E-state index contributed by atoms with van der Waals surface area (Å²) < 4.78 is 0. The predicted molar refractivity (Wildman–Crippen MR) is 68.1 cm³/mol. The molecule has 0 spiro atoms. The number of hydrogen-bond donors (Lipinski definition) is 3. The molecule has 0 amide bonds. The molecule has 2 fully saturated rings. The summed E-state index contributed by atoms with van der Waals surface area (Å²) in [6.07, 6.45) is 5.55. The first-order chi connectivity index (χ1) is 7.74. The largest absolute Gasteiger partial charge is 0.397 e. The van der Waals surface area contributed by atoms with E-state index in [1.165, 1.54) is 25.7 Å². The highest BCUT2D eigenvalue weighted by molar-refractivity contribution is 5.69. The molecule has 3 heteroatoms. The van der Waals surface area contributed by atoms with Gasteiger partial charge in [0.15, 0.2) is 0 Å². The van der Waals surface area contributed by atoms with E-state index in [2.05, 4.69) is 5.32 Å². The van der Waals surface area contributed by atoms with E-state index in [-0.39, 0.29) is 0 Å². The molecule has 0 bridgehead atoms. The lowest BCUT2D eigenvalue weighted by Crippen LogP contribution is -2.24. The predicted octanol–water partition coefficient (Wildman–Crippen LogP) is 2.45. The molecule has 0 heterocycles. The molecule has 0 atom stereocenters. The van der Waals surface area contributed by atoms with Gasteiger partial charge in [0.05, 0.1) is 11.4 Å². The fraction of sp³-hybridized carbons (Fsp3) is 0.538. The molecule has 16 heavy (non-hydrogen) atoms. The topological polar surface area (TPSA) is 64.1 Å². The van der Waals surface area contributed by atoms with E-state index in [1.807, 2.05) is 18.2 Å².